The molecule has 1 aromatic carbocycles. The third kappa shape index (κ3) is 3.64. The Hall–Kier alpha value is -2.35. The van der Waals surface area contributed by atoms with Gasteiger partial charge >= 0.3 is 0 Å². The van der Waals surface area contributed by atoms with Crippen molar-refractivity contribution in [1.29, 1.82) is 0 Å². The van der Waals surface area contributed by atoms with Crippen molar-refractivity contribution < 1.29 is 19.8 Å². The lowest BCUT2D eigenvalue weighted by Crippen LogP contribution is -2.41. The third-order valence-electron chi connectivity index (χ3n) is 3.08. The van der Waals surface area contributed by atoms with Crippen molar-refractivity contribution >= 4 is 40.4 Å². The first-order chi connectivity index (χ1) is 10.5. The zero-order valence-corrected chi connectivity index (χ0v) is 12.6. The summed E-state index contributed by atoms with van der Waals surface area (Å²) in [4.78, 5) is 30.1. The smallest absolute Gasteiger partial charge is 0.137 e. The van der Waals surface area contributed by atoms with Crippen LogP contribution in [0.3, 0.4) is 0 Å². The number of nitrogens with one attached hydrogen (secondary N) is 1. The Labute approximate surface area is 130 Å². The molecule has 0 amide bonds. The number of hydrogen-bond acceptors (Lipinski definition) is 8. The van der Waals surface area contributed by atoms with Crippen LogP contribution in [-0.2, 0) is 4.79 Å². The van der Waals surface area contributed by atoms with E-state index in [2.05, 4.69) is 15.3 Å². The van der Waals surface area contributed by atoms with Crippen LogP contribution in [0.15, 0.2) is 24.5 Å². The van der Waals surface area contributed by atoms with Crippen LogP contribution in [0.2, 0.25) is 0 Å². The maximum atomic E-state index is 11.2. The molecule has 0 saturated carbocycles. The van der Waals surface area contributed by atoms with Crippen LogP contribution in [0.1, 0.15) is 16.8 Å². The molecule has 0 fully saturated rings. The van der Waals surface area contributed by atoms with Gasteiger partial charge in [0.25, 0.3) is 0 Å². The predicted molar refractivity (Wildman–Crippen MR) is 79.3 cm³/mol. The van der Waals surface area contributed by atoms with Crippen molar-refractivity contribution in [3.05, 3.63) is 30.1 Å². The molecule has 22 heavy (non-hydrogen) atoms. The molecule has 0 aliphatic heterocycles. The zero-order chi connectivity index (χ0) is 16.1. The lowest BCUT2D eigenvalue weighted by molar-refractivity contribution is -0.306. The van der Waals surface area contributed by atoms with Crippen LogP contribution in [0.4, 0.5) is 5.82 Å². The molecule has 0 aliphatic rings. The Morgan fingerprint density at radius 3 is 2.73 bits per heavy atom. The predicted octanol–water partition coefficient (Wildman–Crippen LogP) is -0.723. The monoisotopic (exact) mass is 319 g/mol. The van der Waals surface area contributed by atoms with Crippen LogP contribution in [-0.4, -0.2) is 40.0 Å². The van der Waals surface area contributed by atoms with Crippen molar-refractivity contribution in [3.8, 4) is 0 Å². The number of benzene rings is 1. The number of carbonyl (C=O) groups excluding carboxylic acids is 2. The van der Waals surface area contributed by atoms with Crippen LogP contribution < -0.4 is 15.5 Å². The fourth-order valence-corrected chi connectivity index (χ4v) is 2.42. The first-order valence-corrected chi connectivity index (χ1v) is 7.84. The molecule has 1 N–H and O–H groups in total. The minimum Gasteiger partial charge on any atom is -0.548 e. The second-order valence-corrected chi connectivity index (χ2v) is 5.52. The molecule has 0 radical (unpaired) electrons. The summed E-state index contributed by atoms with van der Waals surface area (Å²) in [5, 5.41) is 25.4. The molecule has 1 heterocycles. The van der Waals surface area contributed by atoms with Crippen LogP contribution in [0.25, 0.3) is 10.9 Å². The molecule has 0 unspecified atom stereocenters. The van der Waals surface area contributed by atoms with Gasteiger partial charge in [0.2, 0.25) is 0 Å². The number of fused-ring (bicyclic) bond motifs is 1. The number of carboxylic acids is 2. The van der Waals surface area contributed by atoms with Crippen molar-refractivity contribution in [2.75, 3.05) is 17.3 Å². The van der Waals surface area contributed by atoms with Gasteiger partial charge in [-0.15, -0.1) is 0 Å². The van der Waals surface area contributed by atoms with E-state index in [9.17, 15) is 19.8 Å². The topological polar surface area (TPSA) is 118 Å². The summed E-state index contributed by atoms with van der Waals surface area (Å²) in [6.45, 7) is 0. The highest BCUT2D eigenvalue weighted by Crippen LogP contribution is 2.21. The highest BCUT2D eigenvalue weighted by atomic mass is 32.2. The van der Waals surface area contributed by atoms with E-state index in [1.165, 1.54) is 36.3 Å². The Bertz CT molecular complexity index is 708. The molecule has 7 nitrogen and oxygen atoms in total. The second-order valence-electron chi connectivity index (χ2n) is 4.54. The molecular formula is C14H13N3O4S-2. The molecule has 1 aromatic heterocycles. The molecule has 0 spiro atoms. The highest BCUT2D eigenvalue weighted by molar-refractivity contribution is 7.98. The Balaban J connectivity index is 2.34. The quantitative estimate of drug-likeness (QED) is 0.710. The van der Waals surface area contributed by atoms with Crippen molar-refractivity contribution in [1.82, 2.24) is 9.97 Å². The Morgan fingerprint density at radius 2 is 2.09 bits per heavy atom. The van der Waals surface area contributed by atoms with Gasteiger partial charge in [-0.3, -0.25) is 0 Å². The minimum atomic E-state index is -1.30. The summed E-state index contributed by atoms with van der Waals surface area (Å²) in [6.07, 6.45) is 3.50. The highest BCUT2D eigenvalue weighted by Gasteiger charge is 2.13. The summed E-state index contributed by atoms with van der Waals surface area (Å²) in [5.74, 6) is -1.54. The fraction of sp³-hybridized carbons (Fsp3) is 0.286. The van der Waals surface area contributed by atoms with E-state index in [0.717, 1.165) is 0 Å². The van der Waals surface area contributed by atoms with Crippen LogP contribution >= 0.6 is 11.8 Å². The first kappa shape index (κ1) is 16.0. The zero-order valence-electron chi connectivity index (χ0n) is 11.7. The Morgan fingerprint density at radius 1 is 1.32 bits per heavy atom. The molecule has 1 atom stereocenters. The normalized spacial score (nSPS) is 12.0. The average Bonchev–Trinajstić information content (AvgIpc) is 2.50. The SMILES string of the molecule is CSCC[C@H](Nc1ncnc2cc(C(=O)[O-])ccc12)C(=O)[O-]. The van der Waals surface area contributed by atoms with Gasteiger partial charge in [0.1, 0.15) is 12.1 Å². The van der Waals surface area contributed by atoms with Gasteiger partial charge in [0.05, 0.1) is 23.5 Å². The van der Waals surface area contributed by atoms with E-state index < -0.39 is 18.0 Å². The summed E-state index contributed by atoms with van der Waals surface area (Å²) >= 11 is 1.53. The summed E-state index contributed by atoms with van der Waals surface area (Å²) in [7, 11) is 0. The number of rotatable bonds is 7. The van der Waals surface area contributed by atoms with Crippen molar-refractivity contribution in [2.45, 2.75) is 12.5 Å². The van der Waals surface area contributed by atoms with Crippen molar-refractivity contribution in [3.63, 3.8) is 0 Å². The number of nitrogens with zero attached hydrogens (tertiary/aromatic N) is 2. The molecule has 0 aliphatic carbocycles. The maximum Gasteiger partial charge on any atom is 0.137 e. The summed E-state index contributed by atoms with van der Waals surface area (Å²) < 4.78 is 0. The minimum absolute atomic E-state index is 0.00372. The van der Waals surface area contributed by atoms with Gasteiger partial charge < -0.3 is 25.1 Å². The third-order valence-corrected chi connectivity index (χ3v) is 3.72. The maximum absolute atomic E-state index is 11.2. The second kappa shape index (κ2) is 7.08. The van der Waals surface area contributed by atoms with Gasteiger partial charge in [-0.05, 0) is 36.1 Å². The number of hydrogen-bond donors (Lipinski definition) is 1. The van der Waals surface area contributed by atoms with Crippen LogP contribution in [0, 0.1) is 0 Å². The molecule has 0 bridgehead atoms. The summed E-state index contributed by atoms with van der Waals surface area (Å²) in [5.41, 5.74) is 0.386. The van der Waals surface area contributed by atoms with Crippen molar-refractivity contribution in [2.24, 2.45) is 0 Å². The lowest BCUT2D eigenvalue weighted by atomic mass is 10.1. The van der Waals surface area contributed by atoms with Crippen LogP contribution in [0.5, 0.6) is 0 Å². The van der Waals surface area contributed by atoms with Gasteiger partial charge in [0, 0.05) is 5.39 Å². The molecule has 2 aromatic rings. The number of thioether (sulfide) groups is 1. The number of aromatic nitrogens is 2. The number of carboxylic acid groups (broad SMARTS) is 2. The molecular weight excluding hydrogens is 306 g/mol. The molecule has 2 rings (SSSR count). The van der Waals surface area contributed by atoms with E-state index in [1.54, 1.807) is 0 Å². The lowest BCUT2D eigenvalue weighted by Gasteiger charge is -2.20. The van der Waals surface area contributed by atoms with E-state index >= 15 is 0 Å². The number of anilines is 1. The number of aliphatic carboxylic acids is 1. The van der Waals surface area contributed by atoms with Gasteiger partial charge in [0.15, 0.2) is 0 Å². The number of carbonyl (C=O) groups is 2. The summed E-state index contributed by atoms with van der Waals surface area (Å²) in [6, 6.07) is 3.35. The van der Waals surface area contributed by atoms with E-state index in [4.69, 9.17) is 0 Å². The van der Waals surface area contributed by atoms with Gasteiger partial charge in [-0.1, -0.05) is 6.07 Å². The average molecular weight is 319 g/mol. The molecule has 116 valence electrons. The van der Waals surface area contributed by atoms with E-state index in [0.29, 0.717) is 28.9 Å². The first-order valence-electron chi connectivity index (χ1n) is 6.45. The largest absolute Gasteiger partial charge is 0.548 e. The van der Waals surface area contributed by atoms with Gasteiger partial charge in [-0.25, -0.2) is 9.97 Å². The van der Waals surface area contributed by atoms with E-state index in [1.807, 2.05) is 6.26 Å². The standard InChI is InChI=1S/C14H15N3O4S/c1-22-5-4-10(14(20)21)17-12-9-3-2-8(13(18)19)6-11(9)15-7-16-12/h2-3,6-7,10H,4-5H2,1H3,(H,18,19)(H,20,21)(H,15,16,17)/p-2/t10-/m0/s1. The molecule has 0 saturated heterocycles. The molecule has 8 heteroatoms. The fourth-order valence-electron chi connectivity index (χ4n) is 1.95. The van der Waals surface area contributed by atoms with E-state index in [-0.39, 0.29) is 5.56 Å². The number of aromatic carboxylic acids is 1. The van der Waals surface area contributed by atoms with Gasteiger partial charge in [-0.2, -0.15) is 11.8 Å². The Kier molecular flexibility index (Phi) is 5.16.